The van der Waals surface area contributed by atoms with Crippen molar-refractivity contribution in [1.82, 2.24) is 15.1 Å². The summed E-state index contributed by atoms with van der Waals surface area (Å²) >= 11 is 0. The lowest BCUT2D eigenvalue weighted by Crippen LogP contribution is -2.46. The number of nitrogens with zero attached hydrogens (tertiary/aromatic N) is 2. The van der Waals surface area contributed by atoms with Gasteiger partial charge in [0.2, 0.25) is 5.91 Å². The average molecular weight is 554 g/mol. The maximum Gasteiger partial charge on any atom is 0.254 e. The molecule has 4 unspecified atom stereocenters. The van der Waals surface area contributed by atoms with Gasteiger partial charge in [0, 0.05) is 32.2 Å². The molecule has 1 saturated heterocycles. The molecular weight excluding hydrogens is 510 g/mol. The van der Waals surface area contributed by atoms with Gasteiger partial charge in [-0.15, -0.1) is 0 Å². The van der Waals surface area contributed by atoms with Crippen molar-refractivity contribution in [1.29, 1.82) is 0 Å². The van der Waals surface area contributed by atoms with Crippen molar-refractivity contribution in [3.63, 3.8) is 0 Å². The van der Waals surface area contributed by atoms with Crippen LogP contribution in [0.25, 0.3) is 0 Å². The first-order valence-corrected chi connectivity index (χ1v) is 14.0. The third kappa shape index (κ3) is 5.99. The maximum absolute atomic E-state index is 14.0. The van der Waals surface area contributed by atoms with E-state index < -0.39 is 12.0 Å². The van der Waals surface area contributed by atoms with Gasteiger partial charge in [-0.2, -0.15) is 0 Å². The van der Waals surface area contributed by atoms with Crippen molar-refractivity contribution in [3.05, 3.63) is 47.0 Å². The van der Waals surface area contributed by atoms with Crippen LogP contribution in [0.3, 0.4) is 0 Å². The first-order valence-electron chi connectivity index (χ1n) is 14.0. The zero-order chi connectivity index (χ0) is 29.0. The van der Waals surface area contributed by atoms with Crippen molar-refractivity contribution in [2.24, 2.45) is 11.8 Å². The van der Waals surface area contributed by atoms with E-state index >= 15 is 0 Å². The van der Waals surface area contributed by atoms with Crippen LogP contribution in [-0.4, -0.2) is 83.3 Å². The Morgan fingerprint density at radius 2 is 1.50 bits per heavy atom. The topological polar surface area (TPSA) is 89.6 Å². The Kier molecular flexibility index (Phi) is 9.45. The molecule has 1 fully saturated rings. The summed E-state index contributed by atoms with van der Waals surface area (Å²) < 4.78 is 22.0. The summed E-state index contributed by atoms with van der Waals surface area (Å²) in [7, 11) is 7.94. The van der Waals surface area contributed by atoms with E-state index in [1.54, 1.807) is 51.5 Å². The summed E-state index contributed by atoms with van der Waals surface area (Å²) in [6, 6.07) is 8.36. The molecule has 40 heavy (non-hydrogen) atoms. The summed E-state index contributed by atoms with van der Waals surface area (Å²) in [5.74, 6) is 2.38. The van der Waals surface area contributed by atoms with Gasteiger partial charge in [0.15, 0.2) is 23.0 Å². The highest BCUT2D eigenvalue weighted by Gasteiger charge is 2.43. The van der Waals surface area contributed by atoms with Gasteiger partial charge in [-0.25, -0.2) is 0 Å². The lowest BCUT2D eigenvalue weighted by molar-refractivity contribution is -0.124. The lowest BCUT2D eigenvalue weighted by Gasteiger charge is -2.40. The third-order valence-corrected chi connectivity index (χ3v) is 8.10. The molecule has 0 aromatic heterocycles. The van der Waals surface area contributed by atoms with Gasteiger partial charge in [0.1, 0.15) is 0 Å². The van der Waals surface area contributed by atoms with E-state index in [9.17, 15) is 9.59 Å². The number of hydrogen-bond donors (Lipinski definition) is 1. The Labute approximate surface area is 237 Å². The highest BCUT2D eigenvalue weighted by molar-refractivity contribution is 6.02. The number of likely N-dealkylation sites (N-methyl/N-ethyl adjacent to an activating group) is 1. The van der Waals surface area contributed by atoms with Crippen LogP contribution in [-0.2, 0) is 4.79 Å². The summed E-state index contributed by atoms with van der Waals surface area (Å²) in [6.07, 6.45) is 2.12. The first kappa shape index (κ1) is 29.5. The molecule has 2 aromatic carbocycles. The Morgan fingerprint density at radius 1 is 0.900 bits per heavy atom. The maximum atomic E-state index is 14.0. The standard InChI is InChI=1S/C31H43N3O6/c1-19-13-20(2)18-34(17-19)12-8-11-32-30(35)28-22-15-26(39-6)27(40-7)16-23(22)31(36)33(3)29(28)21-9-10-24(37-4)25(14-21)38-5/h9-10,14-16,19-20,28-29H,8,11-13,17-18H2,1-7H3,(H,32,35). The van der Waals surface area contributed by atoms with Gasteiger partial charge >= 0.3 is 0 Å². The molecule has 0 bridgehead atoms. The molecule has 9 nitrogen and oxygen atoms in total. The molecule has 2 aliphatic heterocycles. The number of likely N-dealkylation sites (tertiary alicyclic amines) is 1. The number of hydrogen-bond acceptors (Lipinski definition) is 7. The number of methoxy groups -OCH3 is 4. The normalized spacial score (nSPS) is 22.9. The third-order valence-electron chi connectivity index (χ3n) is 8.10. The minimum Gasteiger partial charge on any atom is -0.493 e. The molecule has 2 heterocycles. The minimum absolute atomic E-state index is 0.145. The van der Waals surface area contributed by atoms with E-state index in [1.165, 1.54) is 13.5 Å². The lowest BCUT2D eigenvalue weighted by atomic mass is 9.79. The Balaban J connectivity index is 1.65. The molecule has 0 saturated carbocycles. The van der Waals surface area contributed by atoms with Crippen molar-refractivity contribution >= 4 is 11.8 Å². The number of amides is 2. The van der Waals surface area contributed by atoms with Gasteiger partial charge in [-0.05, 0) is 66.6 Å². The van der Waals surface area contributed by atoms with E-state index in [1.807, 2.05) is 12.1 Å². The second-order valence-electron chi connectivity index (χ2n) is 11.1. The second kappa shape index (κ2) is 12.8. The van der Waals surface area contributed by atoms with Gasteiger partial charge in [0.25, 0.3) is 5.91 Å². The smallest absolute Gasteiger partial charge is 0.254 e. The van der Waals surface area contributed by atoms with E-state index in [0.717, 1.165) is 31.6 Å². The first-order chi connectivity index (χ1) is 19.2. The zero-order valence-corrected chi connectivity index (χ0v) is 24.8. The molecule has 4 atom stereocenters. The molecule has 0 radical (unpaired) electrons. The molecule has 2 amide bonds. The summed E-state index contributed by atoms with van der Waals surface area (Å²) in [5, 5.41) is 3.18. The van der Waals surface area contributed by atoms with E-state index in [0.29, 0.717) is 52.5 Å². The Bertz CT molecular complexity index is 1210. The average Bonchev–Trinajstić information content (AvgIpc) is 2.95. The molecule has 4 rings (SSSR count). The number of benzene rings is 2. The quantitative estimate of drug-likeness (QED) is 0.443. The van der Waals surface area contributed by atoms with Crippen LogP contribution in [0.2, 0.25) is 0 Å². The molecule has 0 aliphatic carbocycles. The van der Waals surface area contributed by atoms with Gasteiger partial charge < -0.3 is 34.1 Å². The number of nitrogens with one attached hydrogen (secondary N) is 1. The van der Waals surface area contributed by atoms with Crippen LogP contribution in [0.5, 0.6) is 23.0 Å². The molecule has 0 spiro atoms. The SMILES string of the molecule is COc1ccc(C2C(C(=O)NCCCN3CC(C)CC(C)C3)c3cc(OC)c(OC)cc3C(=O)N2C)cc1OC. The van der Waals surface area contributed by atoms with Crippen LogP contribution < -0.4 is 24.3 Å². The largest absolute Gasteiger partial charge is 0.493 e. The Morgan fingerprint density at radius 3 is 2.12 bits per heavy atom. The predicted octanol–water partition coefficient (Wildman–Crippen LogP) is 4.12. The number of ether oxygens (including phenoxy) is 4. The number of carbonyl (C=O) groups excluding carboxylic acids is 2. The van der Waals surface area contributed by atoms with Crippen molar-refractivity contribution in [3.8, 4) is 23.0 Å². The Hall–Kier alpha value is -3.46. The van der Waals surface area contributed by atoms with Crippen LogP contribution in [0, 0.1) is 11.8 Å². The fraction of sp³-hybridized carbons (Fsp3) is 0.548. The molecule has 218 valence electrons. The number of piperidine rings is 1. The summed E-state index contributed by atoms with van der Waals surface area (Å²) in [5.41, 5.74) is 1.80. The predicted molar refractivity (Wildman–Crippen MR) is 154 cm³/mol. The zero-order valence-electron chi connectivity index (χ0n) is 24.8. The molecular formula is C31H43N3O6. The summed E-state index contributed by atoms with van der Waals surface area (Å²) in [4.78, 5) is 31.7. The van der Waals surface area contributed by atoms with Crippen molar-refractivity contribution in [2.75, 3.05) is 61.7 Å². The van der Waals surface area contributed by atoms with Crippen LogP contribution in [0.4, 0.5) is 0 Å². The number of fused-ring (bicyclic) bond motifs is 1. The molecule has 9 heteroatoms. The molecule has 2 aromatic rings. The molecule has 2 aliphatic rings. The van der Waals surface area contributed by atoms with Gasteiger partial charge in [-0.3, -0.25) is 9.59 Å². The fourth-order valence-corrected chi connectivity index (χ4v) is 6.38. The number of rotatable bonds is 10. The van der Waals surface area contributed by atoms with Crippen LogP contribution in [0.1, 0.15) is 60.1 Å². The van der Waals surface area contributed by atoms with E-state index in [-0.39, 0.29) is 11.8 Å². The minimum atomic E-state index is -0.675. The fourth-order valence-electron chi connectivity index (χ4n) is 6.38. The second-order valence-corrected chi connectivity index (χ2v) is 11.1. The van der Waals surface area contributed by atoms with Gasteiger partial charge in [-0.1, -0.05) is 19.9 Å². The summed E-state index contributed by atoms with van der Waals surface area (Å²) in [6.45, 7) is 8.31. The van der Waals surface area contributed by atoms with E-state index in [2.05, 4.69) is 24.1 Å². The highest BCUT2D eigenvalue weighted by atomic mass is 16.5. The van der Waals surface area contributed by atoms with Gasteiger partial charge in [0.05, 0.1) is 40.4 Å². The molecule has 1 N–H and O–H groups in total. The monoisotopic (exact) mass is 553 g/mol. The van der Waals surface area contributed by atoms with Crippen LogP contribution >= 0.6 is 0 Å². The van der Waals surface area contributed by atoms with E-state index in [4.69, 9.17) is 18.9 Å². The highest BCUT2D eigenvalue weighted by Crippen LogP contribution is 2.46. The van der Waals surface area contributed by atoms with Crippen LogP contribution in [0.15, 0.2) is 30.3 Å². The van der Waals surface area contributed by atoms with Crippen molar-refractivity contribution in [2.45, 2.75) is 38.6 Å². The number of carbonyl (C=O) groups is 2. The van der Waals surface area contributed by atoms with Crippen molar-refractivity contribution < 1.29 is 28.5 Å².